The summed E-state index contributed by atoms with van der Waals surface area (Å²) in [4.78, 5) is 10.9. The lowest BCUT2D eigenvalue weighted by atomic mass is 9.96. The molecule has 0 heterocycles. The highest BCUT2D eigenvalue weighted by molar-refractivity contribution is 5.75. The summed E-state index contributed by atoms with van der Waals surface area (Å²) in [6.07, 6.45) is -0.149. The maximum absolute atomic E-state index is 10.9. The molecule has 0 aliphatic carbocycles. The smallest absolute Gasteiger partial charge is 0.305 e. The zero-order valence-corrected chi connectivity index (χ0v) is 12.6. The van der Waals surface area contributed by atoms with E-state index in [0.717, 1.165) is 11.1 Å². The number of hydrogen-bond donors (Lipinski definition) is 2. The molecule has 2 rings (SSSR count). The zero-order chi connectivity index (χ0) is 16.1. The van der Waals surface area contributed by atoms with Crippen LogP contribution in [0.1, 0.15) is 18.0 Å². The molecule has 0 aromatic heterocycles. The number of methoxy groups -OCH3 is 2. The van der Waals surface area contributed by atoms with Gasteiger partial charge in [0.25, 0.3) is 0 Å². The van der Waals surface area contributed by atoms with Crippen LogP contribution in [0.2, 0.25) is 0 Å². The van der Waals surface area contributed by atoms with Gasteiger partial charge in [0.15, 0.2) is 11.5 Å². The molecular weight excluding hydrogens is 282 g/mol. The van der Waals surface area contributed by atoms with Crippen LogP contribution in [0.5, 0.6) is 11.5 Å². The molecule has 0 saturated carbocycles. The second-order valence-electron chi connectivity index (χ2n) is 4.87. The lowest BCUT2D eigenvalue weighted by Gasteiger charge is -2.18. The van der Waals surface area contributed by atoms with Crippen LogP contribution < -0.4 is 15.2 Å². The number of carbonyl (C=O) groups is 1. The van der Waals surface area contributed by atoms with E-state index in [-0.39, 0.29) is 6.42 Å². The van der Waals surface area contributed by atoms with Gasteiger partial charge in [0.1, 0.15) is 0 Å². The number of rotatable bonds is 6. The largest absolute Gasteiger partial charge is 0.493 e. The fraction of sp³-hybridized carbons (Fsp3) is 0.235. The van der Waals surface area contributed by atoms with Crippen molar-refractivity contribution in [2.45, 2.75) is 12.5 Å². The number of nitrogens with two attached hydrogens (primary N) is 1. The highest BCUT2D eigenvalue weighted by Gasteiger charge is 2.18. The van der Waals surface area contributed by atoms with E-state index in [9.17, 15) is 4.79 Å². The lowest BCUT2D eigenvalue weighted by molar-refractivity contribution is -0.137. The molecule has 0 aliphatic rings. The van der Waals surface area contributed by atoms with E-state index in [1.165, 1.54) is 0 Å². The minimum Gasteiger partial charge on any atom is -0.493 e. The molecule has 0 bridgehead atoms. The minimum absolute atomic E-state index is 0.149. The molecule has 0 aliphatic heterocycles. The van der Waals surface area contributed by atoms with Crippen LogP contribution in [0, 0.1) is 0 Å². The second-order valence-corrected chi connectivity index (χ2v) is 4.87. The van der Waals surface area contributed by atoms with Gasteiger partial charge in [-0.3, -0.25) is 4.79 Å². The summed E-state index contributed by atoms with van der Waals surface area (Å²) in [5.74, 6) is 0.184. The van der Waals surface area contributed by atoms with E-state index in [1.54, 1.807) is 20.3 Å². The molecule has 2 aromatic rings. The molecule has 1 unspecified atom stereocenters. The van der Waals surface area contributed by atoms with E-state index in [2.05, 4.69) is 0 Å². The third-order valence-electron chi connectivity index (χ3n) is 3.41. The zero-order valence-electron chi connectivity index (χ0n) is 12.6. The van der Waals surface area contributed by atoms with Gasteiger partial charge in [-0.25, -0.2) is 0 Å². The Hall–Kier alpha value is -2.53. The summed E-state index contributed by atoms with van der Waals surface area (Å²) in [7, 11) is 3.11. The van der Waals surface area contributed by atoms with E-state index in [1.807, 2.05) is 36.4 Å². The molecule has 0 spiro atoms. The van der Waals surface area contributed by atoms with E-state index < -0.39 is 12.0 Å². The molecule has 2 aromatic carbocycles. The number of benzene rings is 2. The van der Waals surface area contributed by atoms with Gasteiger partial charge in [0.2, 0.25) is 0 Å². The molecule has 0 amide bonds. The minimum atomic E-state index is -0.941. The van der Waals surface area contributed by atoms with Gasteiger partial charge >= 0.3 is 5.97 Å². The first kappa shape index (κ1) is 15.9. The Balaban J connectivity index is 2.57. The Labute approximate surface area is 129 Å². The Morgan fingerprint density at radius 2 is 1.86 bits per heavy atom. The van der Waals surface area contributed by atoms with Crippen molar-refractivity contribution in [2.75, 3.05) is 14.2 Å². The Bertz CT molecular complexity index is 655. The summed E-state index contributed by atoms with van der Waals surface area (Å²) in [5, 5.41) is 8.92. The third-order valence-corrected chi connectivity index (χ3v) is 3.41. The molecular formula is C17H19NO4. The van der Waals surface area contributed by atoms with Crippen LogP contribution in [-0.2, 0) is 4.79 Å². The average molecular weight is 301 g/mol. The first-order valence-corrected chi connectivity index (χ1v) is 6.85. The van der Waals surface area contributed by atoms with Gasteiger partial charge in [-0.15, -0.1) is 0 Å². The Kier molecular flexibility index (Phi) is 5.01. The molecule has 5 heteroatoms. The molecule has 22 heavy (non-hydrogen) atoms. The van der Waals surface area contributed by atoms with Crippen molar-refractivity contribution in [3.63, 3.8) is 0 Å². The number of aliphatic carboxylic acids is 1. The van der Waals surface area contributed by atoms with Crippen LogP contribution in [0.4, 0.5) is 0 Å². The first-order valence-electron chi connectivity index (χ1n) is 6.85. The summed E-state index contributed by atoms with van der Waals surface area (Å²) >= 11 is 0. The van der Waals surface area contributed by atoms with Crippen LogP contribution in [-0.4, -0.2) is 25.3 Å². The number of hydrogen-bond acceptors (Lipinski definition) is 4. The molecule has 0 radical (unpaired) electrons. The van der Waals surface area contributed by atoms with Gasteiger partial charge < -0.3 is 20.3 Å². The number of carboxylic acid groups (broad SMARTS) is 1. The van der Waals surface area contributed by atoms with Gasteiger partial charge in [-0.2, -0.15) is 0 Å². The lowest BCUT2D eigenvalue weighted by Crippen LogP contribution is -2.15. The van der Waals surface area contributed by atoms with Crippen LogP contribution >= 0.6 is 0 Å². The van der Waals surface area contributed by atoms with Crippen molar-refractivity contribution in [3.8, 4) is 22.6 Å². The molecule has 5 nitrogen and oxygen atoms in total. The third kappa shape index (κ3) is 3.38. The predicted molar refractivity (Wildman–Crippen MR) is 84.2 cm³/mol. The molecule has 1 atom stereocenters. The highest BCUT2D eigenvalue weighted by atomic mass is 16.5. The summed E-state index contributed by atoms with van der Waals surface area (Å²) in [6.45, 7) is 0. The fourth-order valence-electron chi connectivity index (χ4n) is 2.34. The average Bonchev–Trinajstić information content (AvgIpc) is 2.53. The monoisotopic (exact) mass is 301 g/mol. The molecule has 0 saturated heterocycles. The fourth-order valence-corrected chi connectivity index (χ4v) is 2.34. The van der Waals surface area contributed by atoms with Crippen molar-refractivity contribution >= 4 is 5.97 Å². The van der Waals surface area contributed by atoms with Crippen molar-refractivity contribution in [2.24, 2.45) is 5.73 Å². The van der Waals surface area contributed by atoms with Gasteiger partial charge in [0.05, 0.1) is 20.6 Å². The molecule has 3 N–H and O–H groups in total. The van der Waals surface area contributed by atoms with E-state index in [4.69, 9.17) is 20.3 Å². The number of ether oxygens (including phenoxy) is 2. The maximum Gasteiger partial charge on any atom is 0.305 e. The van der Waals surface area contributed by atoms with Gasteiger partial charge in [0, 0.05) is 11.6 Å². The van der Waals surface area contributed by atoms with Gasteiger partial charge in [-0.1, -0.05) is 30.3 Å². The summed E-state index contributed by atoms with van der Waals surface area (Å²) in [6, 6.07) is 12.6. The van der Waals surface area contributed by atoms with E-state index in [0.29, 0.717) is 17.1 Å². The van der Waals surface area contributed by atoms with Crippen LogP contribution in [0.25, 0.3) is 11.1 Å². The second kappa shape index (κ2) is 6.95. The molecule has 0 fully saturated rings. The molecule has 116 valence electrons. The quantitative estimate of drug-likeness (QED) is 0.857. The maximum atomic E-state index is 10.9. The first-order chi connectivity index (χ1) is 10.6. The summed E-state index contributed by atoms with van der Waals surface area (Å²) < 4.78 is 10.8. The summed E-state index contributed by atoms with van der Waals surface area (Å²) in [5.41, 5.74) is 8.44. The van der Waals surface area contributed by atoms with E-state index >= 15 is 0 Å². The predicted octanol–water partition coefficient (Wildman–Crippen LogP) is 2.85. The normalized spacial score (nSPS) is 11.8. The Morgan fingerprint density at radius 3 is 2.41 bits per heavy atom. The van der Waals surface area contributed by atoms with Crippen LogP contribution in [0.15, 0.2) is 42.5 Å². The van der Waals surface area contributed by atoms with Crippen molar-refractivity contribution < 1.29 is 19.4 Å². The Morgan fingerprint density at radius 1 is 1.18 bits per heavy atom. The highest BCUT2D eigenvalue weighted by Crippen LogP contribution is 2.40. The van der Waals surface area contributed by atoms with Gasteiger partial charge in [-0.05, 0) is 23.3 Å². The van der Waals surface area contributed by atoms with Crippen molar-refractivity contribution in [1.29, 1.82) is 0 Å². The SMILES string of the molecule is COc1cc(C(N)CC(=O)O)cc(-c2ccccc2)c1OC. The van der Waals surface area contributed by atoms with Crippen molar-refractivity contribution in [3.05, 3.63) is 48.0 Å². The topological polar surface area (TPSA) is 81.8 Å². The van der Waals surface area contributed by atoms with Crippen molar-refractivity contribution in [1.82, 2.24) is 0 Å². The standard InChI is InChI=1S/C17H19NO4/c1-21-15-9-12(14(18)10-16(19)20)8-13(17(15)22-2)11-6-4-3-5-7-11/h3-9,14H,10,18H2,1-2H3,(H,19,20). The van der Waals surface area contributed by atoms with Crippen LogP contribution in [0.3, 0.4) is 0 Å². The number of carboxylic acids is 1.